The Kier molecular flexibility index (Phi) is 4.88. The van der Waals surface area contributed by atoms with E-state index in [1.807, 2.05) is 22.4 Å². The van der Waals surface area contributed by atoms with Gasteiger partial charge in [0.05, 0.1) is 10.4 Å². The molecule has 0 unspecified atom stereocenters. The molecule has 1 aromatic heterocycles. The molecular formula is C18H20N2O2S. The van der Waals surface area contributed by atoms with E-state index in [4.69, 9.17) is 5.73 Å². The summed E-state index contributed by atoms with van der Waals surface area (Å²) in [6, 6.07) is 10.7. The van der Waals surface area contributed by atoms with E-state index in [0.29, 0.717) is 41.6 Å². The lowest BCUT2D eigenvalue weighted by atomic mass is 9.95. The maximum Gasteiger partial charge on any atom is 0.254 e. The van der Waals surface area contributed by atoms with Crippen LogP contribution in [0.5, 0.6) is 0 Å². The second-order valence-corrected chi connectivity index (χ2v) is 6.77. The van der Waals surface area contributed by atoms with Crippen LogP contribution in [-0.4, -0.2) is 36.2 Å². The third-order valence-electron chi connectivity index (χ3n) is 4.38. The Morgan fingerprint density at radius 3 is 2.39 bits per heavy atom. The number of nitrogens with zero attached hydrogens (tertiary/aromatic N) is 1. The standard InChI is InChI=1S/C18H20N2O2S/c19-12-13-7-9-20(10-8-13)18(22)15-5-2-1-4-14(15)17(21)16-6-3-11-23-16/h1-6,11,13H,7-10,12,19H2. The molecule has 4 nitrogen and oxygen atoms in total. The van der Waals surface area contributed by atoms with Crippen molar-refractivity contribution in [2.24, 2.45) is 11.7 Å². The van der Waals surface area contributed by atoms with Crippen molar-refractivity contribution in [2.75, 3.05) is 19.6 Å². The summed E-state index contributed by atoms with van der Waals surface area (Å²) in [4.78, 5) is 28.0. The van der Waals surface area contributed by atoms with Crippen LogP contribution in [0.4, 0.5) is 0 Å². The molecule has 0 spiro atoms. The Balaban J connectivity index is 1.83. The lowest BCUT2D eigenvalue weighted by Crippen LogP contribution is -2.40. The highest BCUT2D eigenvalue weighted by Gasteiger charge is 2.26. The first-order valence-electron chi connectivity index (χ1n) is 7.87. The fraction of sp³-hybridized carbons (Fsp3) is 0.333. The van der Waals surface area contributed by atoms with Crippen molar-refractivity contribution in [3.05, 3.63) is 57.8 Å². The number of carbonyl (C=O) groups is 2. The van der Waals surface area contributed by atoms with Crippen LogP contribution < -0.4 is 5.73 Å². The van der Waals surface area contributed by atoms with Crippen LogP contribution in [-0.2, 0) is 0 Å². The van der Waals surface area contributed by atoms with Gasteiger partial charge in [0.2, 0.25) is 5.78 Å². The quantitative estimate of drug-likeness (QED) is 0.878. The van der Waals surface area contributed by atoms with Crippen molar-refractivity contribution in [2.45, 2.75) is 12.8 Å². The Morgan fingerprint density at radius 2 is 1.78 bits per heavy atom. The van der Waals surface area contributed by atoms with E-state index in [9.17, 15) is 9.59 Å². The van der Waals surface area contributed by atoms with Crippen molar-refractivity contribution in [3.8, 4) is 0 Å². The summed E-state index contributed by atoms with van der Waals surface area (Å²) in [5.41, 5.74) is 6.69. The number of carbonyl (C=O) groups excluding carboxylic acids is 2. The zero-order chi connectivity index (χ0) is 16.2. The van der Waals surface area contributed by atoms with Crippen LogP contribution >= 0.6 is 11.3 Å². The summed E-state index contributed by atoms with van der Waals surface area (Å²) in [5, 5.41) is 1.87. The lowest BCUT2D eigenvalue weighted by Gasteiger charge is -2.31. The highest BCUT2D eigenvalue weighted by molar-refractivity contribution is 7.12. The molecular weight excluding hydrogens is 308 g/mol. The number of ketones is 1. The molecule has 120 valence electrons. The molecule has 2 aromatic rings. The van der Waals surface area contributed by atoms with E-state index < -0.39 is 0 Å². The minimum absolute atomic E-state index is 0.0547. The van der Waals surface area contributed by atoms with Crippen molar-refractivity contribution in [3.63, 3.8) is 0 Å². The SMILES string of the molecule is NCC1CCN(C(=O)c2ccccc2C(=O)c2cccs2)CC1. The molecule has 2 heterocycles. The highest BCUT2D eigenvalue weighted by atomic mass is 32.1. The van der Waals surface area contributed by atoms with Crippen molar-refractivity contribution in [1.29, 1.82) is 0 Å². The van der Waals surface area contributed by atoms with Gasteiger partial charge in [-0.25, -0.2) is 0 Å². The Morgan fingerprint density at radius 1 is 1.09 bits per heavy atom. The Bertz CT molecular complexity index is 689. The molecule has 1 aliphatic rings. The van der Waals surface area contributed by atoms with Gasteiger partial charge in [-0.2, -0.15) is 0 Å². The molecule has 0 atom stereocenters. The number of hydrogen-bond donors (Lipinski definition) is 1. The zero-order valence-electron chi connectivity index (χ0n) is 12.9. The first-order valence-corrected chi connectivity index (χ1v) is 8.75. The molecule has 2 N–H and O–H groups in total. The molecule has 1 saturated heterocycles. The first kappa shape index (κ1) is 15.9. The number of piperidine rings is 1. The molecule has 1 aliphatic heterocycles. The smallest absolute Gasteiger partial charge is 0.254 e. The number of hydrogen-bond acceptors (Lipinski definition) is 4. The maximum absolute atomic E-state index is 12.8. The van der Waals surface area contributed by atoms with Gasteiger partial charge in [0.1, 0.15) is 0 Å². The maximum atomic E-state index is 12.8. The average Bonchev–Trinajstić information content (AvgIpc) is 3.15. The van der Waals surface area contributed by atoms with E-state index in [1.54, 1.807) is 24.3 Å². The molecule has 0 aliphatic carbocycles. The molecule has 1 fully saturated rings. The largest absolute Gasteiger partial charge is 0.339 e. The second-order valence-electron chi connectivity index (χ2n) is 5.82. The molecule has 23 heavy (non-hydrogen) atoms. The normalized spacial score (nSPS) is 15.6. The molecule has 1 aromatic carbocycles. The number of amides is 1. The predicted molar refractivity (Wildman–Crippen MR) is 91.9 cm³/mol. The van der Waals surface area contributed by atoms with E-state index in [0.717, 1.165) is 12.8 Å². The van der Waals surface area contributed by atoms with Crippen molar-refractivity contribution in [1.82, 2.24) is 4.90 Å². The minimum atomic E-state index is -0.0826. The van der Waals surface area contributed by atoms with Crippen LogP contribution in [0.1, 0.15) is 38.4 Å². The summed E-state index contributed by atoms with van der Waals surface area (Å²) >= 11 is 1.40. The third kappa shape index (κ3) is 3.35. The second kappa shape index (κ2) is 7.06. The van der Waals surface area contributed by atoms with E-state index in [1.165, 1.54) is 11.3 Å². The van der Waals surface area contributed by atoms with E-state index in [-0.39, 0.29) is 11.7 Å². The number of benzene rings is 1. The number of nitrogens with two attached hydrogens (primary N) is 1. The van der Waals surface area contributed by atoms with E-state index in [2.05, 4.69) is 0 Å². The third-order valence-corrected chi connectivity index (χ3v) is 5.25. The number of thiophene rings is 1. The summed E-state index contributed by atoms with van der Waals surface area (Å²) in [6.07, 6.45) is 1.87. The van der Waals surface area contributed by atoms with Crippen LogP contribution in [0.25, 0.3) is 0 Å². The van der Waals surface area contributed by atoms with Gasteiger partial charge in [-0.05, 0) is 42.8 Å². The molecule has 0 saturated carbocycles. The molecule has 5 heteroatoms. The van der Waals surface area contributed by atoms with Crippen molar-refractivity contribution >= 4 is 23.0 Å². The lowest BCUT2D eigenvalue weighted by molar-refractivity contribution is 0.0690. The monoisotopic (exact) mass is 328 g/mol. The van der Waals surface area contributed by atoms with Gasteiger partial charge in [-0.3, -0.25) is 9.59 Å². The molecule has 0 radical (unpaired) electrons. The van der Waals surface area contributed by atoms with Crippen molar-refractivity contribution < 1.29 is 9.59 Å². The van der Waals surface area contributed by atoms with Crippen LogP contribution in [0.3, 0.4) is 0 Å². The van der Waals surface area contributed by atoms with Crippen LogP contribution in [0.15, 0.2) is 41.8 Å². The fourth-order valence-corrected chi connectivity index (χ4v) is 3.63. The van der Waals surface area contributed by atoms with Crippen LogP contribution in [0, 0.1) is 5.92 Å². The van der Waals surface area contributed by atoms with Crippen LogP contribution in [0.2, 0.25) is 0 Å². The number of likely N-dealkylation sites (tertiary alicyclic amines) is 1. The van der Waals surface area contributed by atoms with Gasteiger partial charge in [-0.15, -0.1) is 11.3 Å². The predicted octanol–water partition coefficient (Wildman–Crippen LogP) is 2.79. The molecule has 0 bridgehead atoms. The zero-order valence-corrected chi connectivity index (χ0v) is 13.7. The average molecular weight is 328 g/mol. The summed E-state index contributed by atoms with van der Waals surface area (Å²) in [6.45, 7) is 2.10. The van der Waals surface area contributed by atoms with Gasteiger partial charge < -0.3 is 10.6 Å². The summed E-state index contributed by atoms with van der Waals surface area (Å²) in [7, 11) is 0. The van der Waals surface area contributed by atoms with Gasteiger partial charge >= 0.3 is 0 Å². The van der Waals surface area contributed by atoms with Gasteiger partial charge in [0, 0.05) is 18.7 Å². The fourth-order valence-electron chi connectivity index (χ4n) is 2.95. The summed E-state index contributed by atoms with van der Waals surface area (Å²) < 4.78 is 0. The molecule has 1 amide bonds. The Labute approximate surface area is 139 Å². The summed E-state index contributed by atoms with van der Waals surface area (Å²) in [5.74, 6) is 0.365. The molecule has 3 rings (SSSR count). The van der Waals surface area contributed by atoms with Gasteiger partial charge in [0.25, 0.3) is 5.91 Å². The minimum Gasteiger partial charge on any atom is -0.339 e. The topological polar surface area (TPSA) is 63.4 Å². The highest BCUT2D eigenvalue weighted by Crippen LogP contribution is 2.22. The van der Waals surface area contributed by atoms with Gasteiger partial charge in [-0.1, -0.05) is 24.3 Å². The van der Waals surface area contributed by atoms with E-state index >= 15 is 0 Å². The number of rotatable bonds is 4. The van der Waals surface area contributed by atoms with Gasteiger partial charge in [0.15, 0.2) is 0 Å². The Hall–Kier alpha value is -1.98. The first-order chi connectivity index (χ1) is 11.2.